The normalized spacial score (nSPS) is 11.2. The molecule has 0 amide bonds. The topological polar surface area (TPSA) is 173 Å². The summed E-state index contributed by atoms with van der Waals surface area (Å²) in [6.45, 7) is 4.26. The molecule has 4 rings (SSSR count). The van der Waals surface area contributed by atoms with Gasteiger partial charge in [0.25, 0.3) is 10.1 Å². The van der Waals surface area contributed by atoms with Crippen LogP contribution in [0.3, 0.4) is 0 Å². The molecular formula is C36H42CaO10S2. The standard InChI is InChI=1S/2C18H22O5S.Ca/c2*1-2-3-4-5-9-14-10-8-12-16(18(14)19)23-15-11-6-7-13-17(15)24(20,21)22;/h2*6-8,10-13,19H,2-5,9H2,1H3,(H,20,21,22);/q;;+2/p-2. The largest absolute Gasteiger partial charge is 2.00 e. The molecule has 0 saturated heterocycles. The maximum absolute atomic E-state index is 12.4. The van der Waals surface area contributed by atoms with Gasteiger partial charge in [0.15, 0.2) is 11.5 Å². The number of phenolic OH excluding ortho intramolecular Hbond substituents is 1. The number of hydrogen-bond donors (Lipinski definition) is 2. The van der Waals surface area contributed by atoms with E-state index in [0.29, 0.717) is 12.0 Å². The van der Waals surface area contributed by atoms with Crippen LogP contribution < -0.4 is 14.6 Å². The fraction of sp³-hybridized carbons (Fsp3) is 0.333. The molecule has 0 bridgehead atoms. The third-order valence-electron chi connectivity index (χ3n) is 7.43. The molecule has 0 radical (unpaired) electrons. The van der Waals surface area contributed by atoms with Gasteiger partial charge >= 0.3 is 37.7 Å². The van der Waals surface area contributed by atoms with Crippen LogP contribution in [0.4, 0.5) is 0 Å². The molecule has 0 fully saturated rings. The van der Waals surface area contributed by atoms with E-state index in [1.54, 1.807) is 36.4 Å². The van der Waals surface area contributed by atoms with Gasteiger partial charge in [-0.15, -0.1) is 0 Å². The van der Waals surface area contributed by atoms with E-state index in [1.807, 2.05) is 6.07 Å². The summed E-state index contributed by atoms with van der Waals surface area (Å²) in [6.07, 6.45) is 9.93. The Morgan fingerprint density at radius 1 is 0.592 bits per heavy atom. The van der Waals surface area contributed by atoms with E-state index in [4.69, 9.17) is 9.47 Å². The molecule has 49 heavy (non-hydrogen) atoms. The zero-order chi connectivity index (χ0) is 35.2. The van der Waals surface area contributed by atoms with Crippen LogP contribution in [0.2, 0.25) is 0 Å². The van der Waals surface area contributed by atoms with Gasteiger partial charge in [-0.2, -0.15) is 8.42 Å². The van der Waals surface area contributed by atoms with Gasteiger partial charge in [-0.05, 0) is 67.6 Å². The van der Waals surface area contributed by atoms with Gasteiger partial charge in [-0.3, -0.25) is 4.55 Å². The Kier molecular flexibility index (Phi) is 17.9. The summed E-state index contributed by atoms with van der Waals surface area (Å²) in [7, 11) is -9.08. The first-order chi connectivity index (χ1) is 22.9. The second-order valence-corrected chi connectivity index (χ2v) is 13.9. The van der Waals surface area contributed by atoms with Crippen LogP contribution >= 0.6 is 0 Å². The fourth-order valence-electron chi connectivity index (χ4n) is 4.90. The molecule has 4 aromatic rings. The number of ether oxygens (including phenoxy) is 2. The Morgan fingerprint density at radius 3 is 1.59 bits per heavy atom. The smallest absolute Gasteiger partial charge is 0.870 e. The van der Waals surface area contributed by atoms with E-state index in [9.17, 15) is 36.2 Å². The molecule has 0 heterocycles. The Hall–Kier alpha value is -2.84. The van der Waals surface area contributed by atoms with Crippen molar-refractivity contribution in [3.63, 3.8) is 0 Å². The van der Waals surface area contributed by atoms with Crippen molar-refractivity contribution in [2.75, 3.05) is 0 Å². The molecule has 2 N–H and O–H groups in total. The first kappa shape index (κ1) is 42.3. The maximum Gasteiger partial charge on any atom is 2.00 e. The second-order valence-electron chi connectivity index (χ2n) is 11.2. The summed E-state index contributed by atoms with van der Waals surface area (Å²) in [4.78, 5) is -0.810. The molecule has 10 nitrogen and oxygen atoms in total. The molecule has 0 saturated carbocycles. The van der Waals surface area contributed by atoms with E-state index in [2.05, 4.69) is 13.8 Å². The van der Waals surface area contributed by atoms with E-state index >= 15 is 0 Å². The number of unbranched alkanes of at least 4 members (excludes halogenated alkanes) is 6. The molecule has 13 heteroatoms. The van der Waals surface area contributed by atoms with Gasteiger partial charge in [0, 0.05) is 0 Å². The SMILES string of the molecule is CCCCCCc1cccc(Oc2ccccc2S(=O)(=O)O)c1O.CCCCCCc1cccc(Oc2ccccc2S(=O)(=O)[O-])c1[O-].[Ca+2]. The van der Waals surface area contributed by atoms with E-state index < -0.39 is 25.1 Å². The third-order valence-corrected chi connectivity index (χ3v) is 9.20. The molecule has 4 aromatic carbocycles. The number of benzene rings is 4. The Bertz CT molecular complexity index is 1710. The van der Waals surface area contributed by atoms with Crippen molar-refractivity contribution in [1.29, 1.82) is 0 Å². The summed E-state index contributed by atoms with van der Waals surface area (Å²) in [5.74, 6) is -0.240. The first-order valence-electron chi connectivity index (χ1n) is 15.9. The van der Waals surface area contributed by atoms with Crippen LogP contribution in [0, 0.1) is 0 Å². The number of phenols is 1. The number of aryl methyl sites for hydroxylation is 2. The minimum atomic E-state index is -4.67. The summed E-state index contributed by atoms with van der Waals surface area (Å²) in [5.41, 5.74) is 1.39. The molecule has 0 spiro atoms. The van der Waals surface area contributed by atoms with Crippen LogP contribution in [0.5, 0.6) is 34.5 Å². The van der Waals surface area contributed by atoms with Crippen molar-refractivity contribution in [2.24, 2.45) is 0 Å². The monoisotopic (exact) mass is 738 g/mol. The summed E-state index contributed by atoms with van der Waals surface area (Å²) in [6, 6.07) is 21.3. The average molecular weight is 739 g/mol. The minimum absolute atomic E-state index is 0. The predicted octanol–water partition coefficient (Wildman–Crippen LogP) is 7.75. The number of rotatable bonds is 16. The van der Waals surface area contributed by atoms with Gasteiger partial charge in [-0.25, -0.2) is 8.42 Å². The number of aromatic hydroxyl groups is 1. The quantitative estimate of drug-likeness (QED) is 0.0657. The minimum Gasteiger partial charge on any atom is -0.870 e. The molecule has 260 valence electrons. The van der Waals surface area contributed by atoms with Crippen LogP contribution in [-0.4, -0.2) is 68.8 Å². The Morgan fingerprint density at radius 2 is 1.04 bits per heavy atom. The summed E-state index contributed by atoms with van der Waals surface area (Å²) in [5, 5.41) is 22.8. The van der Waals surface area contributed by atoms with Gasteiger partial charge in [0.05, 0.1) is 4.90 Å². The van der Waals surface area contributed by atoms with Crippen LogP contribution in [0.15, 0.2) is 94.7 Å². The molecule has 0 unspecified atom stereocenters. The number of hydrogen-bond acceptors (Lipinski definition) is 9. The van der Waals surface area contributed by atoms with Crippen LogP contribution in [-0.2, 0) is 33.1 Å². The number of para-hydroxylation sites is 4. The van der Waals surface area contributed by atoms with Crippen molar-refractivity contribution < 1.29 is 45.6 Å². The van der Waals surface area contributed by atoms with Crippen molar-refractivity contribution >= 4 is 58.0 Å². The van der Waals surface area contributed by atoms with Gasteiger partial charge < -0.3 is 24.2 Å². The first-order valence-corrected chi connectivity index (χ1v) is 18.8. The predicted molar refractivity (Wildman–Crippen MR) is 186 cm³/mol. The van der Waals surface area contributed by atoms with Gasteiger partial charge in [0.1, 0.15) is 32.3 Å². The van der Waals surface area contributed by atoms with Crippen LogP contribution in [0.25, 0.3) is 0 Å². The molecule has 0 aliphatic heterocycles. The molecule has 0 aromatic heterocycles. The van der Waals surface area contributed by atoms with Crippen molar-refractivity contribution in [2.45, 2.75) is 87.8 Å². The van der Waals surface area contributed by atoms with E-state index in [-0.39, 0.29) is 77.1 Å². The van der Waals surface area contributed by atoms with Crippen molar-refractivity contribution in [1.82, 2.24) is 0 Å². The summed E-state index contributed by atoms with van der Waals surface area (Å²) < 4.78 is 76.9. The molecule has 0 aliphatic carbocycles. The molecule has 0 atom stereocenters. The Labute approximate surface area is 319 Å². The maximum atomic E-state index is 12.4. The zero-order valence-corrected chi connectivity index (χ0v) is 31.7. The van der Waals surface area contributed by atoms with Crippen molar-refractivity contribution in [3.05, 3.63) is 96.1 Å². The molecule has 0 aliphatic rings. The Balaban J connectivity index is 0.000000333. The second kappa shape index (κ2) is 20.7. The fourth-order valence-corrected chi connectivity index (χ4v) is 6.12. The van der Waals surface area contributed by atoms with E-state index in [0.717, 1.165) is 69.4 Å². The van der Waals surface area contributed by atoms with Crippen LogP contribution in [0.1, 0.15) is 76.3 Å². The summed E-state index contributed by atoms with van der Waals surface area (Å²) >= 11 is 0. The average Bonchev–Trinajstić information content (AvgIpc) is 3.04. The van der Waals surface area contributed by atoms with Gasteiger partial charge in [-0.1, -0.05) is 112 Å². The van der Waals surface area contributed by atoms with E-state index in [1.165, 1.54) is 36.4 Å². The van der Waals surface area contributed by atoms with Gasteiger partial charge in [0.2, 0.25) is 0 Å². The van der Waals surface area contributed by atoms with Crippen molar-refractivity contribution in [3.8, 4) is 34.5 Å². The molecular weight excluding hydrogens is 697 g/mol. The zero-order valence-electron chi connectivity index (χ0n) is 27.8. The third kappa shape index (κ3) is 13.4.